The molecule has 9 heteroatoms. The van der Waals surface area contributed by atoms with Crippen LogP contribution in [-0.2, 0) is 16.0 Å². The van der Waals surface area contributed by atoms with E-state index in [2.05, 4.69) is 39.9 Å². The third-order valence-electron chi connectivity index (χ3n) is 5.78. The number of carbonyl (C=O) groups excluding carboxylic acids is 2. The molecule has 0 spiro atoms. The molecular formula is C23H33ClN4O3S. The Morgan fingerprint density at radius 1 is 1.31 bits per heavy atom. The van der Waals surface area contributed by atoms with Crippen LogP contribution >= 0.6 is 23.7 Å². The highest BCUT2D eigenvalue weighted by atomic mass is 35.5. The average Bonchev–Trinajstić information content (AvgIpc) is 3.32. The van der Waals surface area contributed by atoms with Crippen LogP contribution in [0.3, 0.4) is 0 Å². The molecule has 1 amide bonds. The van der Waals surface area contributed by atoms with Crippen LogP contribution in [0.15, 0.2) is 29.8 Å². The predicted molar refractivity (Wildman–Crippen MR) is 130 cm³/mol. The first kappa shape index (κ1) is 26.4. The van der Waals surface area contributed by atoms with Crippen LogP contribution in [0.25, 0.3) is 10.4 Å². The van der Waals surface area contributed by atoms with Crippen molar-refractivity contribution in [1.82, 2.24) is 15.6 Å². The largest absolute Gasteiger partial charge is 0.391 e. The molecule has 1 aromatic carbocycles. The van der Waals surface area contributed by atoms with Crippen LogP contribution in [0.2, 0.25) is 0 Å². The van der Waals surface area contributed by atoms with Gasteiger partial charge in [-0.2, -0.15) is 0 Å². The summed E-state index contributed by atoms with van der Waals surface area (Å²) in [5, 5.41) is 16.2. The minimum absolute atomic E-state index is 0. The van der Waals surface area contributed by atoms with E-state index in [1.54, 1.807) is 11.3 Å². The smallest absolute Gasteiger partial charge is 0.237 e. The summed E-state index contributed by atoms with van der Waals surface area (Å²) in [5.41, 5.74) is 10.8. The maximum atomic E-state index is 12.6. The lowest BCUT2D eigenvalue weighted by Gasteiger charge is -2.29. The van der Waals surface area contributed by atoms with Crippen LogP contribution in [0.5, 0.6) is 0 Å². The zero-order chi connectivity index (χ0) is 22.8. The topological polar surface area (TPSA) is 117 Å². The number of hydrogen-bond donors (Lipinski definition) is 4. The monoisotopic (exact) mass is 480 g/mol. The molecule has 3 unspecified atom stereocenters. The molecule has 1 aliphatic heterocycles. The molecule has 2 heterocycles. The molecule has 0 bridgehead atoms. The van der Waals surface area contributed by atoms with Crippen LogP contribution in [0.4, 0.5) is 0 Å². The minimum atomic E-state index is -0.917. The molecule has 4 atom stereocenters. The van der Waals surface area contributed by atoms with Gasteiger partial charge in [0.05, 0.1) is 40.3 Å². The maximum absolute atomic E-state index is 12.6. The number of nitrogens with one attached hydrogen (secondary N) is 2. The van der Waals surface area contributed by atoms with E-state index in [0.29, 0.717) is 13.0 Å². The van der Waals surface area contributed by atoms with Crippen molar-refractivity contribution in [2.75, 3.05) is 6.54 Å². The highest BCUT2D eigenvalue weighted by Gasteiger charge is 2.43. The average molecular weight is 481 g/mol. The van der Waals surface area contributed by atoms with Crippen molar-refractivity contribution < 1.29 is 14.7 Å². The van der Waals surface area contributed by atoms with Crippen molar-refractivity contribution in [3.8, 4) is 10.4 Å². The molecule has 0 radical (unpaired) electrons. The van der Waals surface area contributed by atoms with Gasteiger partial charge in [-0.05, 0) is 36.3 Å². The Bertz CT molecular complexity index is 926. The number of halogens is 1. The zero-order valence-electron chi connectivity index (χ0n) is 18.9. The zero-order valence-corrected chi connectivity index (χ0v) is 20.6. The number of carbonyl (C=O) groups is 2. The summed E-state index contributed by atoms with van der Waals surface area (Å²) in [7, 11) is 0. The van der Waals surface area contributed by atoms with Gasteiger partial charge >= 0.3 is 0 Å². The number of hydrogen-bond acceptors (Lipinski definition) is 7. The maximum Gasteiger partial charge on any atom is 0.237 e. The second kappa shape index (κ2) is 10.9. The molecule has 2 aromatic rings. The van der Waals surface area contributed by atoms with Crippen molar-refractivity contribution in [2.45, 2.75) is 64.8 Å². The number of benzene rings is 1. The lowest BCUT2D eigenvalue weighted by Crippen LogP contribution is -2.54. The van der Waals surface area contributed by atoms with Crippen molar-refractivity contribution in [1.29, 1.82) is 0 Å². The fraction of sp³-hybridized carbons (Fsp3) is 0.522. The number of Topliss-reactive ketones (excluding diaryl/α,β-unsaturated/α-hetero) is 1. The molecule has 1 aliphatic rings. The van der Waals surface area contributed by atoms with E-state index in [1.807, 2.05) is 33.2 Å². The van der Waals surface area contributed by atoms with E-state index in [0.717, 1.165) is 16.8 Å². The number of nitrogens with two attached hydrogens (primary N) is 1. The van der Waals surface area contributed by atoms with E-state index in [1.165, 1.54) is 4.88 Å². The number of aliphatic hydroxyl groups is 1. The number of aromatic nitrogens is 1. The van der Waals surface area contributed by atoms with E-state index < -0.39 is 29.6 Å². The summed E-state index contributed by atoms with van der Waals surface area (Å²) in [6.07, 6.45) is -0.0261. The standard InChI is InChI=1S/C23H32N4O3S.ClH/c1-13-20(31-12-26-13)15-7-5-14(6-8-15)9-10-25-22(30)16-11-17(28)18(27-16)19(29)21(24)23(2,3)4;/h5-8,12,16-18,21,27-28H,9-11,24H2,1-4H3,(H,25,30);1H/t16-,17?,18?,21?;/m1./s1. The van der Waals surface area contributed by atoms with Gasteiger partial charge in [0, 0.05) is 6.54 Å². The summed E-state index contributed by atoms with van der Waals surface area (Å²) in [6.45, 7) is 8.12. The molecular weight excluding hydrogens is 448 g/mol. The Labute approximate surface area is 199 Å². The number of nitrogens with zero attached hydrogens (tertiary/aromatic N) is 1. The number of ketones is 1. The van der Waals surface area contributed by atoms with Crippen molar-refractivity contribution in [3.05, 3.63) is 41.0 Å². The van der Waals surface area contributed by atoms with Gasteiger partial charge in [-0.1, -0.05) is 45.0 Å². The van der Waals surface area contributed by atoms with Crippen LogP contribution in [0.1, 0.15) is 38.4 Å². The van der Waals surface area contributed by atoms with Crippen molar-refractivity contribution >= 4 is 35.4 Å². The number of aliphatic hydroxyl groups excluding tert-OH is 1. The quantitative estimate of drug-likeness (QED) is 0.482. The number of amides is 1. The van der Waals surface area contributed by atoms with Gasteiger partial charge in [-0.15, -0.1) is 23.7 Å². The lowest BCUT2D eigenvalue weighted by atomic mass is 9.82. The predicted octanol–water partition coefficient (Wildman–Crippen LogP) is 2.23. The molecule has 0 aliphatic carbocycles. The number of thiazole rings is 1. The first-order valence-corrected chi connectivity index (χ1v) is 11.5. The van der Waals surface area contributed by atoms with Gasteiger partial charge in [0.2, 0.25) is 5.91 Å². The Morgan fingerprint density at radius 2 is 1.97 bits per heavy atom. The minimum Gasteiger partial charge on any atom is -0.391 e. The fourth-order valence-electron chi connectivity index (χ4n) is 3.70. The Hall–Kier alpha value is -1.84. The summed E-state index contributed by atoms with van der Waals surface area (Å²) >= 11 is 1.62. The Kier molecular flexibility index (Phi) is 8.96. The van der Waals surface area contributed by atoms with Crippen LogP contribution in [-0.4, -0.2) is 52.6 Å². The molecule has 1 fully saturated rings. The summed E-state index contributed by atoms with van der Waals surface area (Å²) in [6, 6.07) is 6.13. The molecule has 3 rings (SSSR count). The highest BCUT2D eigenvalue weighted by Crippen LogP contribution is 2.27. The SMILES string of the molecule is Cc1ncsc1-c1ccc(CCNC(=O)[C@H]2CC(O)C(C(=O)C(N)C(C)(C)C)N2)cc1.Cl. The van der Waals surface area contributed by atoms with Crippen molar-refractivity contribution in [3.63, 3.8) is 0 Å². The van der Waals surface area contributed by atoms with Gasteiger partial charge in [-0.25, -0.2) is 4.98 Å². The van der Waals surface area contributed by atoms with Crippen LogP contribution in [0, 0.1) is 12.3 Å². The van der Waals surface area contributed by atoms with E-state index in [-0.39, 0.29) is 30.5 Å². The van der Waals surface area contributed by atoms with Crippen molar-refractivity contribution in [2.24, 2.45) is 11.1 Å². The molecule has 5 N–H and O–H groups in total. The molecule has 7 nitrogen and oxygen atoms in total. The summed E-state index contributed by atoms with van der Waals surface area (Å²) < 4.78 is 0. The Morgan fingerprint density at radius 3 is 2.53 bits per heavy atom. The third kappa shape index (κ3) is 6.14. The third-order valence-corrected chi connectivity index (χ3v) is 6.76. The van der Waals surface area contributed by atoms with Crippen LogP contribution < -0.4 is 16.4 Å². The molecule has 1 aromatic heterocycles. The van der Waals surface area contributed by atoms with Gasteiger partial charge in [-0.3, -0.25) is 14.9 Å². The van der Waals surface area contributed by atoms with Gasteiger partial charge < -0.3 is 16.2 Å². The molecule has 0 saturated carbocycles. The molecule has 1 saturated heterocycles. The summed E-state index contributed by atoms with van der Waals surface area (Å²) in [5.74, 6) is -0.470. The molecule has 32 heavy (non-hydrogen) atoms. The number of rotatable bonds is 7. The number of aryl methyl sites for hydroxylation is 1. The Balaban J connectivity index is 0.00000363. The first-order chi connectivity index (χ1) is 14.6. The highest BCUT2D eigenvalue weighted by molar-refractivity contribution is 7.13. The second-order valence-corrected chi connectivity index (χ2v) is 10.1. The van der Waals surface area contributed by atoms with E-state index in [9.17, 15) is 14.7 Å². The summed E-state index contributed by atoms with van der Waals surface area (Å²) in [4.78, 5) is 30.6. The molecule has 176 valence electrons. The normalized spacial score (nSPS) is 21.6. The van der Waals surface area contributed by atoms with E-state index in [4.69, 9.17) is 5.73 Å². The van der Waals surface area contributed by atoms with Gasteiger partial charge in [0.1, 0.15) is 0 Å². The van der Waals surface area contributed by atoms with Gasteiger partial charge in [0.15, 0.2) is 5.78 Å². The second-order valence-electron chi connectivity index (χ2n) is 9.25. The van der Waals surface area contributed by atoms with Gasteiger partial charge in [0.25, 0.3) is 0 Å². The fourth-order valence-corrected chi connectivity index (χ4v) is 4.51. The lowest BCUT2D eigenvalue weighted by molar-refractivity contribution is -0.126. The van der Waals surface area contributed by atoms with E-state index >= 15 is 0 Å². The first-order valence-electron chi connectivity index (χ1n) is 10.6.